The number of benzene rings is 2. The molecular formula is C19H22N2O2. The number of carbonyl (C=O) groups excluding carboxylic acids is 1. The maximum atomic E-state index is 12.1. The summed E-state index contributed by atoms with van der Waals surface area (Å²) >= 11 is 0. The molecule has 0 heterocycles. The molecule has 0 saturated heterocycles. The summed E-state index contributed by atoms with van der Waals surface area (Å²) in [6, 6.07) is 11.2. The Morgan fingerprint density at radius 2 is 1.74 bits per heavy atom. The van der Waals surface area contributed by atoms with Gasteiger partial charge in [0.05, 0.1) is 12.8 Å². The normalized spacial score (nSPS) is 10.8. The summed E-state index contributed by atoms with van der Waals surface area (Å²) in [6.07, 6.45) is 1.69. The Bertz CT molecular complexity index is 696. The first-order valence-corrected chi connectivity index (χ1v) is 7.65. The molecule has 0 spiro atoms. The highest BCUT2D eigenvalue weighted by Crippen LogP contribution is 2.14. The van der Waals surface area contributed by atoms with Gasteiger partial charge >= 0.3 is 0 Å². The van der Waals surface area contributed by atoms with E-state index in [4.69, 9.17) is 4.74 Å². The Morgan fingerprint density at radius 1 is 1.13 bits per heavy atom. The predicted molar refractivity (Wildman–Crippen MR) is 93.3 cm³/mol. The second-order valence-electron chi connectivity index (χ2n) is 5.47. The average Bonchev–Trinajstić information content (AvgIpc) is 2.50. The summed E-state index contributed by atoms with van der Waals surface area (Å²) in [4.78, 5) is 12.1. The second-order valence-corrected chi connectivity index (χ2v) is 5.47. The lowest BCUT2D eigenvalue weighted by Gasteiger charge is -2.07. The number of hydrogen-bond acceptors (Lipinski definition) is 3. The molecule has 4 heteroatoms. The Morgan fingerprint density at radius 3 is 2.30 bits per heavy atom. The van der Waals surface area contributed by atoms with E-state index in [1.165, 1.54) is 5.56 Å². The van der Waals surface area contributed by atoms with Crippen molar-refractivity contribution in [3.05, 3.63) is 64.2 Å². The zero-order valence-electron chi connectivity index (χ0n) is 14.0. The van der Waals surface area contributed by atoms with E-state index >= 15 is 0 Å². The van der Waals surface area contributed by atoms with Crippen molar-refractivity contribution in [2.75, 3.05) is 6.61 Å². The molecule has 2 rings (SSSR count). The maximum absolute atomic E-state index is 12.1. The van der Waals surface area contributed by atoms with Gasteiger partial charge in [0, 0.05) is 11.1 Å². The van der Waals surface area contributed by atoms with E-state index in [1.54, 1.807) is 30.5 Å². The summed E-state index contributed by atoms with van der Waals surface area (Å²) < 4.78 is 5.35. The fourth-order valence-electron chi connectivity index (χ4n) is 2.48. The zero-order chi connectivity index (χ0) is 16.8. The molecule has 0 aliphatic carbocycles. The molecule has 1 N–H and O–H groups in total. The standard InChI is InChI=1S/C19H22N2O2/c1-5-23-17-8-6-16(7-9-17)19(22)21-20-12-18-14(3)10-13(2)11-15(18)4/h6-12H,5H2,1-4H3,(H,21,22)/b20-12+. The van der Waals surface area contributed by atoms with Gasteiger partial charge in [-0.1, -0.05) is 17.7 Å². The molecule has 1 amide bonds. The molecule has 0 aliphatic rings. The number of nitrogens with one attached hydrogen (secondary N) is 1. The molecular weight excluding hydrogens is 288 g/mol. The minimum Gasteiger partial charge on any atom is -0.494 e. The number of amides is 1. The van der Waals surface area contributed by atoms with E-state index in [2.05, 4.69) is 29.6 Å². The van der Waals surface area contributed by atoms with E-state index in [1.807, 2.05) is 20.8 Å². The number of aryl methyl sites for hydroxylation is 3. The Balaban J connectivity index is 2.04. The monoisotopic (exact) mass is 310 g/mol. The van der Waals surface area contributed by atoms with Gasteiger partial charge in [0.25, 0.3) is 5.91 Å². The molecule has 0 saturated carbocycles. The van der Waals surface area contributed by atoms with E-state index in [-0.39, 0.29) is 5.91 Å². The van der Waals surface area contributed by atoms with Gasteiger partial charge in [-0.3, -0.25) is 4.79 Å². The van der Waals surface area contributed by atoms with Crippen LogP contribution in [0, 0.1) is 20.8 Å². The van der Waals surface area contributed by atoms with Crippen molar-refractivity contribution < 1.29 is 9.53 Å². The number of hydrazone groups is 1. The van der Waals surface area contributed by atoms with Gasteiger partial charge in [0.2, 0.25) is 0 Å². The number of carbonyl (C=O) groups is 1. The van der Waals surface area contributed by atoms with Crippen molar-refractivity contribution in [1.29, 1.82) is 0 Å². The average molecular weight is 310 g/mol. The first kappa shape index (κ1) is 16.7. The maximum Gasteiger partial charge on any atom is 0.271 e. The third-order valence-electron chi connectivity index (χ3n) is 3.53. The molecule has 2 aromatic carbocycles. The molecule has 23 heavy (non-hydrogen) atoms. The summed E-state index contributed by atoms with van der Waals surface area (Å²) in [5.74, 6) is 0.505. The lowest BCUT2D eigenvalue weighted by atomic mass is 10.0. The van der Waals surface area contributed by atoms with Gasteiger partial charge in [0.1, 0.15) is 5.75 Å². The molecule has 0 aromatic heterocycles. The SMILES string of the molecule is CCOc1ccc(C(=O)N/N=C/c2c(C)cc(C)cc2C)cc1. The van der Waals surface area contributed by atoms with Crippen molar-refractivity contribution in [3.63, 3.8) is 0 Å². The minimum absolute atomic E-state index is 0.244. The van der Waals surface area contributed by atoms with Gasteiger partial charge in [-0.05, 0) is 63.1 Å². The lowest BCUT2D eigenvalue weighted by molar-refractivity contribution is 0.0955. The molecule has 2 aromatic rings. The van der Waals surface area contributed by atoms with Gasteiger partial charge in [-0.15, -0.1) is 0 Å². The third-order valence-corrected chi connectivity index (χ3v) is 3.53. The smallest absolute Gasteiger partial charge is 0.271 e. The Kier molecular flexibility index (Phi) is 5.52. The van der Waals surface area contributed by atoms with E-state index < -0.39 is 0 Å². The summed E-state index contributed by atoms with van der Waals surface area (Å²) in [6.45, 7) is 8.66. The molecule has 0 atom stereocenters. The first-order chi connectivity index (χ1) is 11.0. The third kappa shape index (κ3) is 4.42. The van der Waals surface area contributed by atoms with Crippen LogP contribution in [0.15, 0.2) is 41.5 Å². The molecule has 4 nitrogen and oxygen atoms in total. The Hall–Kier alpha value is -2.62. The number of hydrogen-bond donors (Lipinski definition) is 1. The van der Waals surface area contributed by atoms with E-state index in [9.17, 15) is 4.79 Å². The van der Waals surface area contributed by atoms with Crippen LogP contribution in [0.25, 0.3) is 0 Å². The Labute approximate surface area is 137 Å². The van der Waals surface area contributed by atoms with Crippen LogP contribution in [0.3, 0.4) is 0 Å². The highest BCUT2D eigenvalue weighted by Gasteiger charge is 2.05. The summed E-state index contributed by atoms with van der Waals surface area (Å²) in [7, 11) is 0. The summed E-state index contributed by atoms with van der Waals surface area (Å²) in [5.41, 5.74) is 7.63. The van der Waals surface area contributed by atoms with Crippen LogP contribution in [0.1, 0.15) is 39.5 Å². The van der Waals surface area contributed by atoms with Gasteiger partial charge in [-0.25, -0.2) is 5.43 Å². The van der Waals surface area contributed by atoms with Crippen LogP contribution in [-0.4, -0.2) is 18.7 Å². The van der Waals surface area contributed by atoms with E-state index in [0.717, 1.165) is 22.4 Å². The van der Waals surface area contributed by atoms with Gasteiger partial charge in [-0.2, -0.15) is 5.10 Å². The van der Waals surface area contributed by atoms with Crippen molar-refractivity contribution in [1.82, 2.24) is 5.43 Å². The predicted octanol–water partition coefficient (Wildman–Crippen LogP) is 3.77. The van der Waals surface area contributed by atoms with Crippen molar-refractivity contribution in [3.8, 4) is 5.75 Å². The number of rotatable bonds is 5. The van der Waals surface area contributed by atoms with Crippen LogP contribution >= 0.6 is 0 Å². The fourth-order valence-corrected chi connectivity index (χ4v) is 2.48. The number of nitrogens with zero attached hydrogens (tertiary/aromatic N) is 1. The lowest BCUT2D eigenvalue weighted by Crippen LogP contribution is -2.17. The quantitative estimate of drug-likeness (QED) is 0.675. The molecule has 0 aliphatic heterocycles. The fraction of sp³-hybridized carbons (Fsp3) is 0.263. The molecule has 0 bridgehead atoms. The highest BCUT2D eigenvalue weighted by molar-refractivity contribution is 5.95. The van der Waals surface area contributed by atoms with Gasteiger partial charge in [0.15, 0.2) is 0 Å². The van der Waals surface area contributed by atoms with Crippen LogP contribution < -0.4 is 10.2 Å². The second kappa shape index (κ2) is 7.58. The van der Waals surface area contributed by atoms with Crippen LogP contribution in [0.5, 0.6) is 5.75 Å². The van der Waals surface area contributed by atoms with Crippen molar-refractivity contribution in [2.45, 2.75) is 27.7 Å². The van der Waals surface area contributed by atoms with Crippen molar-refractivity contribution >= 4 is 12.1 Å². The summed E-state index contributed by atoms with van der Waals surface area (Å²) in [5, 5.41) is 4.07. The van der Waals surface area contributed by atoms with Gasteiger partial charge < -0.3 is 4.74 Å². The first-order valence-electron chi connectivity index (χ1n) is 7.65. The minimum atomic E-state index is -0.244. The molecule has 120 valence electrons. The zero-order valence-corrected chi connectivity index (χ0v) is 14.0. The van der Waals surface area contributed by atoms with Crippen LogP contribution in [0.4, 0.5) is 0 Å². The molecule has 0 unspecified atom stereocenters. The van der Waals surface area contributed by atoms with Crippen LogP contribution in [-0.2, 0) is 0 Å². The molecule has 0 radical (unpaired) electrons. The van der Waals surface area contributed by atoms with Crippen LogP contribution in [0.2, 0.25) is 0 Å². The largest absolute Gasteiger partial charge is 0.494 e. The highest BCUT2D eigenvalue weighted by atomic mass is 16.5. The van der Waals surface area contributed by atoms with Crippen molar-refractivity contribution in [2.24, 2.45) is 5.10 Å². The molecule has 0 fully saturated rings. The number of ether oxygens (including phenoxy) is 1. The van der Waals surface area contributed by atoms with E-state index in [0.29, 0.717) is 12.2 Å². The topological polar surface area (TPSA) is 50.7 Å².